The summed E-state index contributed by atoms with van der Waals surface area (Å²) in [6, 6.07) is 17.7. The molecule has 2 amide bonds. The Labute approximate surface area is 194 Å². The first-order chi connectivity index (χ1) is 14.8. The number of amides is 2. The summed E-state index contributed by atoms with van der Waals surface area (Å²) in [6.07, 6.45) is 0. The molecule has 1 saturated heterocycles. The number of H-pyrrole nitrogens is 1. The number of carbonyl (C=O) groups is 2. The van der Waals surface area contributed by atoms with Crippen molar-refractivity contribution in [2.45, 2.75) is 42.4 Å². The van der Waals surface area contributed by atoms with Gasteiger partial charge in [0, 0.05) is 10.8 Å². The molecule has 0 spiro atoms. The van der Waals surface area contributed by atoms with E-state index in [0.717, 1.165) is 15.5 Å². The van der Waals surface area contributed by atoms with Crippen LogP contribution in [0, 0.1) is 9.87 Å². The Balaban J connectivity index is 1.63. The van der Waals surface area contributed by atoms with Gasteiger partial charge in [0.25, 0.3) is 0 Å². The van der Waals surface area contributed by atoms with E-state index in [4.69, 9.17) is 12.2 Å². The summed E-state index contributed by atoms with van der Waals surface area (Å²) >= 11 is 8.36. The molecule has 0 saturated carbocycles. The van der Waals surface area contributed by atoms with Crippen LogP contribution in [-0.2, 0) is 15.0 Å². The van der Waals surface area contributed by atoms with Crippen LogP contribution in [0.25, 0.3) is 0 Å². The first-order valence-electron chi connectivity index (χ1n) is 10.2. The fraction of sp³-hybridized carbons (Fsp3) is 0.292. The van der Waals surface area contributed by atoms with Gasteiger partial charge in [0.15, 0.2) is 3.95 Å². The van der Waals surface area contributed by atoms with Crippen molar-refractivity contribution in [3.05, 3.63) is 74.6 Å². The molecule has 1 fully saturated rings. The molecule has 2 aliphatic rings. The highest BCUT2D eigenvalue weighted by atomic mass is 32.2. The van der Waals surface area contributed by atoms with Crippen LogP contribution in [0.4, 0.5) is 5.69 Å². The molecule has 3 unspecified atom stereocenters. The topological polar surface area (TPSA) is 53.2 Å². The van der Waals surface area contributed by atoms with Crippen LogP contribution in [-0.4, -0.2) is 22.0 Å². The second-order valence-corrected chi connectivity index (χ2v) is 11.8. The largest absolute Gasteiger partial charge is 0.332 e. The molecule has 3 aromatic rings. The van der Waals surface area contributed by atoms with E-state index in [1.165, 1.54) is 33.6 Å². The predicted molar refractivity (Wildman–Crippen MR) is 129 cm³/mol. The van der Waals surface area contributed by atoms with Gasteiger partial charge in [-0.25, -0.2) is 4.90 Å². The number of nitrogens with zero attached hydrogens (tertiary/aromatic N) is 1. The monoisotopic (exact) mass is 466 g/mol. The minimum Gasteiger partial charge on any atom is -0.332 e. The van der Waals surface area contributed by atoms with Crippen LogP contribution in [0.3, 0.4) is 0 Å². The van der Waals surface area contributed by atoms with Gasteiger partial charge < -0.3 is 4.98 Å². The smallest absolute Gasteiger partial charge is 0.248 e. The Bertz CT molecular complexity index is 1220. The zero-order chi connectivity index (χ0) is 21.9. The molecule has 3 heterocycles. The number of imide groups is 1. The van der Waals surface area contributed by atoms with Crippen molar-refractivity contribution >= 4 is 52.8 Å². The number of thioether (sulfide) groups is 1. The highest BCUT2D eigenvalue weighted by Crippen LogP contribution is 2.54. The van der Waals surface area contributed by atoms with E-state index in [1.807, 2.05) is 30.3 Å². The number of para-hydroxylation sites is 1. The molecule has 5 rings (SSSR count). The fourth-order valence-electron chi connectivity index (χ4n) is 4.40. The Morgan fingerprint density at radius 2 is 1.65 bits per heavy atom. The zero-order valence-corrected chi connectivity index (χ0v) is 19.9. The molecule has 0 bridgehead atoms. The summed E-state index contributed by atoms with van der Waals surface area (Å²) in [5.74, 6) is -0.937. The van der Waals surface area contributed by atoms with Crippen LogP contribution in [0.2, 0.25) is 0 Å². The molecule has 0 radical (unpaired) electrons. The van der Waals surface area contributed by atoms with Crippen molar-refractivity contribution in [2.75, 3.05) is 4.90 Å². The average Bonchev–Trinajstić information content (AvgIpc) is 3.23. The lowest BCUT2D eigenvalue weighted by molar-refractivity contribution is -0.122. The lowest BCUT2D eigenvalue weighted by atomic mass is 9.81. The van der Waals surface area contributed by atoms with Gasteiger partial charge in [-0.05, 0) is 40.9 Å². The molecule has 3 atom stereocenters. The lowest BCUT2D eigenvalue weighted by Crippen LogP contribution is -2.32. The minimum absolute atomic E-state index is 0.0440. The molecule has 2 aromatic carbocycles. The highest BCUT2D eigenvalue weighted by molar-refractivity contribution is 8.01. The van der Waals surface area contributed by atoms with Gasteiger partial charge in [-0.3, -0.25) is 9.59 Å². The Morgan fingerprint density at radius 3 is 2.29 bits per heavy atom. The van der Waals surface area contributed by atoms with Crippen molar-refractivity contribution in [3.63, 3.8) is 0 Å². The summed E-state index contributed by atoms with van der Waals surface area (Å²) in [7, 11) is 0. The minimum atomic E-state index is -0.465. The van der Waals surface area contributed by atoms with Gasteiger partial charge in [-0.1, -0.05) is 75.0 Å². The SMILES string of the molecule is CC(C)(C)c1ccc(C2c3sc(=S)[nH]c3SC3C(=O)N(c4ccccc4)C(=O)C32)cc1. The van der Waals surface area contributed by atoms with Crippen LogP contribution in [0.15, 0.2) is 59.6 Å². The van der Waals surface area contributed by atoms with Gasteiger partial charge in [0.2, 0.25) is 11.8 Å². The number of hydrogen-bond donors (Lipinski definition) is 1. The van der Waals surface area contributed by atoms with Gasteiger partial charge in [-0.2, -0.15) is 0 Å². The average molecular weight is 467 g/mol. The number of fused-ring (bicyclic) bond motifs is 2. The van der Waals surface area contributed by atoms with Crippen LogP contribution in [0.1, 0.15) is 42.7 Å². The predicted octanol–water partition coefficient (Wildman–Crippen LogP) is 5.90. The molecule has 7 heteroatoms. The number of aromatic nitrogens is 1. The molecule has 31 heavy (non-hydrogen) atoms. The van der Waals surface area contributed by atoms with Crippen molar-refractivity contribution in [1.82, 2.24) is 4.98 Å². The summed E-state index contributed by atoms with van der Waals surface area (Å²) in [4.78, 5) is 32.7. The van der Waals surface area contributed by atoms with E-state index in [-0.39, 0.29) is 23.1 Å². The number of hydrogen-bond acceptors (Lipinski definition) is 5. The third-order valence-electron chi connectivity index (χ3n) is 5.97. The fourth-order valence-corrected chi connectivity index (χ4v) is 7.36. The van der Waals surface area contributed by atoms with Gasteiger partial charge >= 0.3 is 0 Å². The number of nitrogens with one attached hydrogen (secondary N) is 1. The Hall–Kier alpha value is -2.22. The van der Waals surface area contributed by atoms with Crippen molar-refractivity contribution in [3.8, 4) is 0 Å². The van der Waals surface area contributed by atoms with E-state index < -0.39 is 11.2 Å². The molecular weight excluding hydrogens is 444 g/mol. The highest BCUT2D eigenvalue weighted by Gasteiger charge is 2.56. The van der Waals surface area contributed by atoms with Gasteiger partial charge in [-0.15, -0.1) is 11.3 Å². The van der Waals surface area contributed by atoms with E-state index in [2.05, 4.69) is 50.0 Å². The third kappa shape index (κ3) is 3.39. The third-order valence-corrected chi connectivity index (χ3v) is 8.73. The molecule has 2 aliphatic heterocycles. The van der Waals surface area contributed by atoms with Crippen molar-refractivity contribution in [2.24, 2.45) is 5.92 Å². The standard InChI is InChI=1S/C24H22N2O2S3/c1-24(2,3)14-11-9-13(10-12-14)16-17-19(30-20-18(16)31-23(29)25-20)22(28)26(21(17)27)15-7-5-4-6-8-15/h4-12,16-17,19H,1-3H3,(H,25,29). The number of anilines is 1. The quantitative estimate of drug-likeness (QED) is 0.377. The Kier molecular flexibility index (Phi) is 4.95. The number of rotatable bonds is 2. The zero-order valence-electron chi connectivity index (χ0n) is 17.4. The number of carbonyl (C=O) groups excluding carboxylic acids is 2. The van der Waals surface area contributed by atoms with Gasteiger partial charge in [0.1, 0.15) is 5.25 Å². The van der Waals surface area contributed by atoms with Crippen LogP contribution >= 0.6 is 35.3 Å². The number of benzene rings is 2. The second-order valence-electron chi connectivity index (χ2n) is 8.97. The molecular formula is C24H22N2O2S3. The van der Waals surface area contributed by atoms with E-state index in [0.29, 0.717) is 9.64 Å². The molecule has 1 aromatic heterocycles. The maximum Gasteiger partial charge on any atom is 0.248 e. The van der Waals surface area contributed by atoms with Gasteiger partial charge in [0.05, 0.1) is 16.6 Å². The van der Waals surface area contributed by atoms with Crippen LogP contribution < -0.4 is 4.90 Å². The van der Waals surface area contributed by atoms with E-state index in [1.54, 1.807) is 0 Å². The summed E-state index contributed by atoms with van der Waals surface area (Å²) in [5.41, 5.74) is 2.96. The van der Waals surface area contributed by atoms with Crippen molar-refractivity contribution in [1.29, 1.82) is 0 Å². The van der Waals surface area contributed by atoms with E-state index in [9.17, 15) is 9.59 Å². The maximum atomic E-state index is 13.6. The maximum absolute atomic E-state index is 13.6. The number of aromatic amines is 1. The van der Waals surface area contributed by atoms with E-state index >= 15 is 0 Å². The lowest BCUT2D eigenvalue weighted by Gasteiger charge is -2.30. The Morgan fingerprint density at radius 1 is 0.968 bits per heavy atom. The normalized spacial score (nSPS) is 23.1. The number of thiazole rings is 1. The molecule has 1 N–H and O–H groups in total. The summed E-state index contributed by atoms with van der Waals surface area (Å²) in [6.45, 7) is 6.55. The van der Waals surface area contributed by atoms with Crippen LogP contribution in [0.5, 0.6) is 0 Å². The molecule has 0 aliphatic carbocycles. The summed E-state index contributed by atoms with van der Waals surface area (Å²) in [5, 5.41) is 0.449. The van der Waals surface area contributed by atoms with Crippen molar-refractivity contribution < 1.29 is 9.59 Å². The molecule has 4 nitrogen and oxygen atoms in total. The second kappa shape index (κ2) is 7.43. The first-order valence-corrected chi connectivity index (χ1v) is 12.3. The molecule has 158 valence electrons. The first kappa shape index (κ1) is 20.7. The summed E-state index contributed by atoms with van der Waals surface area (Å²) < 4.78 is 0.675.